The normalized spacial score (nSPS) is 25.1. The summed E-state index contributed by atoms with van der Waals surface area (Å²) in [4.78, 5) is 6.57. The molecule has 7 nitrogen and oxygen atoms in total. The first-order chi connectivity index (χ1) is 13.1. The van der Waals surface area contributed by atoms with Crippen molar-refractivity contribution in [3.63, 3.8) is 0 Å². The molecule has 0 radical (unpaired) electrons. The molecule has 3 unspecified atom stereocenters. The number of methoxy groups -OCH3 is 2. The predicted octanol–water partition coefficient (Wildman–Crippen LogP) is 1.51. The van der Waals surface area contributed by atoms with Crippen LogP contribution in [-0.2, 0) is 6.42 Å². The van der Waals surface area contributed by atoms with E-state index >= 15 is 0 Å². The molecule has 4 rings (SSSR count). The molecule has 0 aliphatic carbocycles. The largest absolute Gasteiger partial charge is 0.493 e. The number of fused-ring (bicyclic) bond motifs is 1. The number of rotatable bonds is 5. The number of hydrogen-bond acceptors (Lipinski definition) is 7. The molecule has 3 aliphatic rings. The van der Waals surface area contributed by atoms with Gasteiger partial charge in [-0.1, -0.05) is 8.58 Å². The summed E-state index contributed by atoms with van der Waals surface area (Å²) in [5, 5.41) is 0. The first-order valence-electron chi connectivity index (χ1n) is 8.97. The Labute approximate surface area is 160 Å². The molecule has 1 fully saturated rings. The fourth-order valence-corrected chi connectivity index (χ4v) is 4.29. The number of hydrogen-bond donors (Lipinski definition) is 2. The van der Waals surface area contributed by atoms with Gasteiger partial charge in [-0.2, -0.15) is 0 Å². The van der Waals surface area contributed by atoms with Crippen LogP contribution >= 0.6 is 8.58 Å². The number of nitrogens with zero attached hydrogens (tertiary/aromatic N) is 2. The molecule has 1 saturated heterocycles. The van der Waals surface area contributed by atoms with Crippen LogP contribution in [0.3, 0.4) is 0 Å². The fourth-order valence-electron chi connectivity index (χ4n) is 3.33. The first-order valence-corrected chi connectivity index (χ1v) is 10.3. The van der Waals surface area contributed by atoms with E-state index < -0.39 is 0 Å². The summed E-state index contributed by atoms with van der Waals surface area (Å²) in [6.07, 6.45) is 7.36. The maximum atomic E-state index is 6.37. The molecular weight excluding hydrogens is 363 g/mol. The molecule has 0 saturated carbocycles. The van der Waals surface area contributed by atoms with Crippen LogP contribution in [0.2, 0.25) is 0 Å². The summed E-state index contributed by atoms with van der Waals surface area (Å²) in [6, 6.07) is 2.00. The topological polar surface area (TPSA) is 95.1 Å². The molecule has 0 amide bonds. The van der Waals surface area contributed by atoms with Gasteiger partial charge in [0.25, 0.3) is 0 Å². The second-order valence-corrected chi connectivity index (χ2v) is 8.16. The van der Waals surface area contributed by atoms with Gasteiger partial charge in [0, 0.05) is 36.8 Å². The second kappa shape index (κ2) is 7.50. The second-order valence-electron chi connectivity index (χ2n) is 6.78. The molecule has 3 aliphatic heterocycles. The van der Waals surface area contributed by atoms with Crippen LogP contribution in [0.1, 0.15) is 11.1 Å². The van der Waals surface area contributed by atoms with E-state index in [1.54, 1.807) is 14.2 Å². The third-order valence-electron chi connectivity index (χ3n) is 4.95. The Morgan fingerprint density at radius 3 is 2.85 bits per heavy atom. The van der Waals surface area contributed by atoms with Gasteiger partial charge in [-0.05, 0) is 35.8 Å². The van der Waals surface area contributed by atoms with Crippen LogP contribution in [0.25, 0.3) is 6.08 Å². The van der Waals surface area contributed by atoms with E-state index in [0.29, 0.717) is 32.3 Å². The Hall–Kier alpha value is -2.08. The van der Waals surface area contributed by atoms with E-state index in [1.807, 2.05) is 12.3 Å². The van der Waals surface area contributed by atoms with Crippen molar-refractivity contribution in [2.75, 3.05) is 33.5 Å². The van der Waals surface area contributed by atoms with Gasteiger partial charge in [-0.3, -0.25) is 4.90 Å². The number of nitrogens with two attached hydrogens (primary N) is 2. The Morgan fingerprint density at radius 2 is 2.15 bits per heavy atom. The van der Waals surface area contributed by atoms with E-state index in [0.717, 1.165) is 41.7 Å². The summed E-state index contributed by atoms with van der Waals surface area (Å²) in [5.41, 5.74) is 15.4. The van der Waals surface area contributed by atoms with E-state index in [1.165, 1.54) is 0 Å². The number of ether oxygens (including phenoxy) is 3. The molecule has 0 aromatic heterocycles. The minimum atomic E-state index is -0.0587. The van der Waals surface area contributed by atoms with E-state index in [9.17, 15) is 0 Å². The first kappa shape index (κ1) is 18.3. The SMILES string of the molecule is COc1cc(CC2=CN=C(N)CPC2N)c2c(c1OC)OC(N1CC1)C=C2. The summed E-state index contributed by atoms with van der Waals surface area (Å²) in [7, 11) is 3.80. The zero-order valence-corrected chi connectivity index (χ0v) is 16.6. The van der Waals surface area contributed by atoms with Crippen molar-refractivity contribution in [3.8, 4) is 17.2 Å². The Balaban J connectivity index is 1.74. The quantitative estimate of drug-likeness (QED) is 0.587. The predicted molar refractivity (Wildman–Crippen MR) is 109 cm³/mol. The zero-order chi connectivity index (χ0) is 19.0. The summed E-state index contributed by atoms with van der Waals surface area (Å²) in [5.74, 6) is 2.59. The van der Waals surface area contributed by atoms with Crippen LogP contribution in [-0.4, -0.2) is 56.2 Å². The number of aliphatic imine (C=N–C) groups is 1. The maximum absolute atomic E-state index is 6.37. The Bertz CT molecular complexity index is 833. The maximum Gasteiger partial charge on any atom is 0.204 e. The number of benzene rings is 1. The van der Waals surface area contributed by atoms with Gasteiger partial charge in [-0.15, -0.1) is 0 Å². The summed E-state index contributed by atoms with van der Waals surface area (Å²) < 4.78 is 17.4. The van der Waals surface area contributed by atoms with E-state index in [4.69, 9.17) is 25.7 Å². The van der Waals surface area contributed by atoms with Crippen molar-refractivity contribution in [3.05, 3.63) is 35.0 Å². The average Bonchev–Trinajstić information content (AvgIpc) is 3.53. The smallest absolute Gasteiger partial charge is 0.204 e. The van der Waals surface area contributed by atoms with Crippen LogP contribution in [0.15, 0.2) is 28.9 Å². The van der Waals surface area contributed by atoms with E-state index in [-0.39, 0.29) is 12.0 Å². The van der Waals surface area contributed by atoms with Crippen molar-refractivity contribution in [2.45, 2.75) is 18.4 Å². The average molecular weight is 388 g/mol. The summed E-state index contributed by atoms with van der Waals surface area (Å²) >= 11 is 0. The van der Waals surface area contributed by atoms with Gasteiger partial charge in [0.05, 0.1) is 14.2 Å². The van der Waals surface area contributed by atoms with Gasteiger partial charge in [0.1, 0.15) is 5.84 Å². The van der Waals surface area contributed by atoms with Crippen molar-refractivity contribution in [1.29, 1.82) is 0 Å². The van der Waals surface area contributed by atoms with Crippen molar-refractivity contribution in [2.24, 2.45) is 16.5 Å². The van der Waals surface area contributed by atoms with E-state index in [2.05, 4.69) is 22.0 Å². The van der Waals surface area contributed by atoms with Crippen molar-refractivity contribution >= 4 is 20.5 Å². The standard InChI is InChI=1S/C19H25N4O3P/c1-24-14-8-11(7-12-9-22-15(20)10-27-19(12)21)13-3-4-16(23-5-6-23)26-17(13)18(14)25-2/h3-4,8-9,16,19,27H,5-7,10,21H2,1-2H3,(H2,20,22). The Kier molecular flexibility index (Phi) is 5.08. The lowest BCUT2D eigenvalue weighted by molar-refractivity contribution is 0.143. The van der Waals surface area contributed by atoms with Gasteiger partial charge < -0.3 is 25.7 Å². The molecule has 27 heavy (non-hydrogen) atoms. The van der Waals surface area contributed by atoms with Crippen molar-refractivity contribution < 1.29 is 14.2 Å². The van der Waals surface area contributed by atoms with Crippen LogP contribution in [0, 0.1) is 0 Å². The Morgan fingerprint density at radius 1 is 1.33 bits per heavy atom. The molecule has 1 aromatic rings. The monoisotopic (exact) mass is 388 g/mol. The lowest BCUT2D eigenvalue weighted by Crippen LogP contribution is -2.26. The molecule has 144 valence electrons. The molecule has 0 spiro atoms. The minimum absolute atomic E-state index is 0.0441. The lowest BCUT2D eigenvalue weighted by atomic mass is 9.96. The lowest BCUT2D eigenvalue weighted by Gasteiger charge is -2.27. The van der Waals surface area contributed by atoms with Crippen molar-refractivity contribution in [1.82, 2.24) is 4.90 Å². The molecular formula is C19H25N4O3P. The summed E-state index contributed by atoms with van der Waals surface area (Å²) in [6.45, 7) is 2.09. The van der Waals surface area contributed by atoms with Gasteiger partial charge in [0.15, 0.2) is 17.7 Å². The third kappa shape index (κ3) is 3.68. The molecule has 4 N–H and O–H groups in total. The highest BCUT2D eigenvalue weighted by Gasteiger charge is 2.33. The van der Waals surface area contributed by atoms with Crippen LogP contribution < -0.4 is 25.7 Å². The third-order valence-corrected chi connectivity index (χ3v) is 6.33. The van der Waals surface area contributed by atoms with Gasteiger partial charge in [-0.25, -0.2) is 4.99 Å². The van der Waals surface area contributed by atoms with Gasteiger partial charge >= 0.3 is 0 Å². The highest BCUT2D eigenvalue weighted by molar-refractivity contribution is 7.40. The molecule has 8 heteroatoms. The fraction of sp³-hybridized carbons (Fsp3) is 0.421. The molecule has 1 aromatic carbocycles. The minimum Gasteiger partial charge on any atom is -0.493 e. The van der Waals surface area contributed by atoms with Crippen LogP contribution in [0.5, 0.6) is 17.2 Å². The zero-order valence-electron chi connectivity index (χ0n) is 15.6. The van der Waals surface area contributed by atoms with Gasteiger partial charge in [0.2, 0.25) is 5.75 Å². The highest BCUT2D eigenvalue weighted by Crippen LogP contribution is 2.46. The number of amidine groups is 1. The molecule has 3 heterocycles. The molecule has 3 atom stereocenters. The molecule has 0 bridgehead atoms. The van der Waals surface area contributed by atoms with Crippen LogP contribution in [0.4, 0.5) is 0 Å². The highest BCUT2D eigenvalue weighted by atomic mass is 31.1.